The highest BCUT2D eigenvalue weighted by Crippen LogP contribution is 2.34. The third kappa shape index (κ3) is 2.40. The summed E-state index contributed by atoms with van der Waals surface area (Å²) in [5.41, 5.74) is 8.14. The molecular formula is C21H25N3. The molecule has 0 N–H and O–H groups in total. The van der Waals surface area contributed by atoms with E-state index in [1.165, 1.54) is 39.1 Å². The van der Waals surface area contributed by atoms with Gasteiger partial charge in [0, 0.05) is 56.1 Å². The Morgan fingerprint density at radius 2 is 1.88 bits per heavy atom. The lowest BCUT2D eigenvalue weighted by atomic mass is 10.0. The van der Waals surface area contributed by atoms with Gasteiger partial charge in [-0.15, -0.1) is 0 Å². The van der Waals surface area contributed by atoms with Crippen LogP contribution >= 0.6 is 0 Å². The third-order valence-electron chi connectivity index (χ3n) is 5.10. The number of aryl methyl sites for hydroxylation is 1. The summed E-state index contributed by atoms with van der Waals surface area (Å²) in [5, 5.41) is 1.41. The Bertz CT molecular complexity index is 905. The van der Waals surface area contributed by atoms with Crippen LogP contribution in [-0.4, -0.2) is 37.2 Å². The van der Waals surface area contributed by atoms with Gasteiger partial charge < -0.3 is 14.4 Å². The first-order chi connectivity index (χ1) is 11.5. The van der Waals surface area contributed by atoms with Crippen LogP contribution in [0.4, 0.5) is 5.69 Å². The number of nitrogens with zero attached hydrogens (tertiary/aromatic N) is 3. The van der Waals surface area contributed by atoms with Crippen LogP contribution in [0.2, 0.25) is 0 Å². The Kier molecular flexibility index (Phi) is 3.61. The van der Waals surface area contributed by atoms with Gasteiger partial charge in [0.1, 0.15) is 0 Å². The predicted molar refractivity (Wildman–Crippen MR) is 102 cm³/mol. The van der Waals surface area contributed by atoms with E-state index in [-0.39, 0.29) is 0 Å². The van der Waals surface area contributed by atoms with Crippen molar-refractivity contribution in [1.29, 1.82) is 0 Å². The zero-order chi connectivity index (χ0) is 16.8. The number of likely N-dealkylation sites (N-methyl/N-ethyl adjacent to an activating group) is 1. The van der Waals surface area contributed by atoms with Gasteiger partial charge in [-0.2, -0.15) is 0 Å². The van der Waals surface area contributed by atoms with E-state index in [9.17, 15) is 0 Å². The first-order valence-electron chi connectivity index (χ1n) is 8.64. The minimum Gasteiger partial charge on any atom is -0.378 e. The maximum Gasteiger partial charge on any atom is 0.0535 e. The largest absolute Gasteiger partial charge is 0.378 e. The monoisotopic (exact) mass is 319 g/mol. The number of fused-ring (bicyclic) bond motifs is 3. The van der Waals surface area contributed by atoms with Gasteiger partial charge in [-0.25, -0.2) is 0 Å². The second-order valence-electron chi connectivity index (χ2n) is 7.18. The van der Waals surface area contributed by atoms with Crippen LogP contribution in [0.3, 0.4) is 0 Å². The summed E-state index contributed by atoms with van der Waals surface area (Å²) >= 11 is 0. The number of hydrogen-bond donors (Lipinski definition) is 0. The molecule has 0 atom stereocenters. The van der Waals surface area contributed by atoms with E-state index >= 15 is 0 Å². The van der Waals surface area contributed by atoms with E-state index in [1.807, 2.05) is 0 Å². The van der Waals surface area contributed by atoms with Crippen molar-refractivity contribution in [3.8, 4) is 5.69 Å². The van der Waals surface area contributed by atoms with E-state index < -0.39 is 0 Å². The molecule has 3 heteroatoms. The van der Waals surface area contributed by atoms with Crippen LogP contribution < -0.4 is 4.90 Å². The average Bonchev–Trinajstić information content (AvgIpc) is 2.88. The normalized spacial score (nSPS) is 14.8. The van der Waals surface area contributed by atoms with Crippen molar-refractivity contribution in [3.63, 3.8) is 0 Å². The highest BCUT2D eigenvalue weighted by Gasteiger charge is 2.23. The quantitative estimate of drug-likeness (QED) is 0.707. The number of aromatic nitrogens is 1. The molecule has 24 heavy (non-hydrogen) atoms. The van der Waals surface area contributed by atoms with Gasteiger partial charge in [-0.05, 0) is 49.9 Å². The maximum atomic E-state index is 2.48. The van der Waals surface area contributed by atoms with Gasteiger partial charge in [0.05, 0.1) is 5.52 Å². The van der Waals surface area contributed by atoms with E-state index in [0.29, 0.717) is 0 Å². The van der Waals surface area contributed by atoms with Gasteiger partial charge in [-0.3, -0.25) is 0 Å². The second kappa shape index (κ2) is 5.67. The highest BCUT2D eigenvalue weighted by atomic mass is 15.1. The van der Waals surface area contributed by atoms with Crippen molar-refractivity contribution in [2.75, 3.05) is 32.6 Å². The lowest BCUT2D eigenvalue weighted by Crippen LogP contribution is -2.27. The van der Waals surface area contributed by atoms with E-state index in [4.69, 9.17) is 0 Å². The first-order valence-corrected chi connectivity index (χ1v) is 8.64. The first kappa shape index (κ1) is 15.3. The van der Waals surface area contributed by atoms with Crippen LogP contribution in [0.1, 0.15) is 16.8 Å². The molecule has 3 aromatic rings. The van der Waals surface area contributed by atoms with E-state index in [0.717, 1.165) is 19.5 Å². The molecule has 0 saturated carbocycles. The zero-order valence-corrected chi connectivity index (χ0v) is 15.0. The Hall–Kier alpha value is -2.26. The smallest absolute Gasteiger partial charge is 0.0535 e. The van der Waals surface area contributed by atoms with Crippen molar-refractivity contribution >= 4 is 16.6 Å². The van der Waals surface area contributed by atoms with Crippen molar-refractivity contribution in [2.24, 2.45) is 0 Å². The average molecular weight is 319 g/mol. The molecule has 3 nitrogen and oxygen atoms in total. The molecule has 1 aromatic heterocycles. The predicted octanol–water partition coefficient (Wildman–Crippen LogP) is 3.99. The van der Waals surface area contributed by atoms with Gasteiger partial charge >= 0.3 is 0 Å². The van der Waals surface area contributed by atoms with Crippen LogP contribution in [0.25, 0.3) is 16.6 Å². The molecule has 0 amide bonds. The summed E-state index contributed by atoms with van der Waals surface area (Å²) in [4.78, 5) is 4.59. The number of anilines is 1. The summed E-state index contributed by atoms with van der Waals surface area (Å²) in [7, 11) is 6.41. The summed E-state index contributed by atoms with van der Waals surface area (Å²) in [6.45, 7) is 4.34. The van der Waals surface area contributed by atoms with E-state index in [1.54, 1.807) is 0 Å². The maximum absolute atomic E-state index is 2.48. The molecule has 0 spiro atoms. The third-order valence-corrected chi connectivity index (χ3v) is 5.10. The molecule has 2 heterocycles. The van der Waals surface area contributed by atoms with Gasteiger partial charge in [-0.1, -0.05) is 17.7 Å². The molecule has 0 aliphatic carbocycles. The lowest BCUT2D eigenvalue weighted by molar-refractivity contribution is 0.311. The Morgan fingerprint density at radius 3 is 2.67 bits per heavy atom. The summed E-state index contributed by atoms with van der Waals surface area (Å²) in [5.74, 6) is 0. The van der Waals surface area contributed by atoms with Crippen LogP contribution in [-0.2, 0) is 13.0 Å². The Morgan fingerprint density at radius 1 is 1.04 bits per heavy atom. The minimum atomic E-state index is 1.04. The van der Waals surface area contributed by atoms with Crippen molar-refractivity contribution in [3.05, 3.63) is 59.3 Å². The van der Waals surface area contributed by atoms with Crippen LogP contribution in [0, 0.1) is 6.92 Å². The molecule has 124 valence electrons. The van der Waals surface area contributed by atoms with E-state index in [2.05, 4.69) is 84.9 Å². The number of benzene rings is 2. The van der Waals surface area contributed by atoms with Crippen molar-refractivity contribution in [1.82, 2.24) is 9.47 Å². The second-order valence-corrected chi connectivity index (χ2v) is 7.18. The fourth-order valence-corrected chi connectivity index (χ4v) is 3.81. The molecule has 0 radical (unpaired) electrons. The van der Waals surface area contributed by atoms with Crippen LogP contribution in [0.15, 0.2) is 42.5 Å². The molecule has 1 aliphatic heterocycles. The van der Waals surface area contributed by atoms with Crippen molar-refractivity contribution in [2.45, 2.75) is 19.9 Å². The molecule has 0 saturated heterocycles. The molecule has 1 aliphatic rings. The number of rotatable bonds is 2. The van der Waals surface area contributed by atoms with Crippen molar-refractivity contribution < 1.29 is 0 Å². The molecule has 0 unspecified atom stereocenters. The molecule has 2 aromatic carbocycles. The summed E-state index contributed by atoms with van der Waals surface area (Å²) in [6, 6.07) is 15.7. The Labute approximate surface area is 144 Å². The molecular weight excluding hydrogens is 294 g/mol. The molecule has 0 fully saturated rings. The summed E-state index contributed by atoms with van der Waals surface area (Å²) in [6.07, 6.45) is 1.10. The SMILES string of the molecule is Cc1ccc2c(c1)c1c(n2-c2cccc(N(C)C)c2)CCN(C)C1. The topological polar surface area (TPSA) is 11.4 Å². The lowest BCUT2D eigenvalue weighted by Gasteiger charge is -2.24. The minimum absolute atomic E-state index is 1.04. The van der Waals surface area contributed by atoms with Gasteiger partial charge in [0.25, 0.3) is 0 Å². The highest BCUT2D eigenvalue weighted by molar-refractivity contribution is 5.88. The fourth-order valence-electron chi connectivity index (χ4n) is 3.81. The van der Waals surface area contributed by atoms with Gasteiger partial charge in [0.15, 0.2) is 0 Å². The fraction of sp³-hybridized carbons (Fsp3) is 0.333. The molecule has 0 bridgehead atoms. The van der Waals surface area contributed by atoms with Gasteiger partial charge in [0.2, 0.25) is 0 Å². The standard InChI is InChI=1S/C21H25N3/c1-15-8-9-20-18(12-15)19-14-23(4)11-10-21(19)24(20)17-7-5-6-16(13-17)22(2)3/h5-9,12-13H,10-11,14H2,1-4H3. The molecule has 4 rings (SSSR count). The van der Waals surface area contributed by atoms with Crippen LogP contribution in [0.5, 0.6) is 0 Å². The zero-order valence-electron chi connectivity index (χ0n) is 15.0. The number of hydrogen-bond acceptors (Lipinski definition) is 2. The summed E-state index contributed by atoms with van der Waals surface area (Å²) < 4.78 is 2.48. The Balaban J connectivity index is 2.00.